The third-order valence-electron chi connectivity index (χ3n) is 7.11. The molecular weight excluding hydrogens is 556 g/mol. The predicted octanol–water partition coefficient (Wildman–Crippen LogP) is 5.10. The number of carbonyl (C=O) groups excluding carboxylic acids is 1. The Balaban J connectivity index is 1.19. The SMILES string of the molecule is COc1ccc(Cn2nc(NC(=O)c3ccc(OCCN4CCOCC4)c(Cl)c3)cc2-c2nc3ccccc3[nH]2)cc1. The van der Waals surface area contributed by atoms with E-state index in [2.05, 4.69) is 15.2 Å². The molecule has 1 aliphatic heterocycles. The van der Waals surface area contributed by atoms with Crippen LogP contribution < -0.4 is 14.8 Å². The molecule has 2 N–H and O–H groups in total. The quantitative estimate of drug-likeness (QED) is 0.234. The van der Waals surface area contributed by atoms with Gasteiger partial charge in [-0.25, -0.2) is 4.98 Å². The molecule has 3 aromatic carbocycles. The minimum Gasteiger partial charge on any atom is -0.497 e. The van der Waals surface area contributed by atoms with Crippen LogP contribution in [0.4, 0.5) is 5.82 Å². The normalized spacial score (nSPS) is 13.8. The maximum Gasteiger partial charge on any atom is 0.256 e. The van der Waals surface area contributed by atoms with Crippen LogP contribution in [0.1, 0.15) is 15.9 Å². The van der Waals surface area contributed by atoms with E-state index < -0.39 is 0 Å². The second kappa shape index (κ2) is 12.6. The van der Waals surface area contributed by atoms with Gasteiger partial charge in [-0.15, -0.1) is 0 Å². The van der Waals surface area contributed by atoms with E-state index in [-0.39, 0.29) is 5.91 Å². The van der Waals surface area contributed by atoms with Crippen molar-refractivity contribution in [3.8, 4) is 23.0 Å². The Bertz CT molecular complexity index is 1640. The summed E-state index contributed by atoms with van der Waals surface area (Å²) in [5.74, 6) is 2.03. The molecule has 0 spiro atoms. The van der Waals surface area contributed by atoms with Gasteiger partial charge in [0.25, 0.3) is 5.91 Å². The summed E-state index contributed by atoms with van der Waals surface area (Å²) in [7, 11) is 1.64. The fourth-order valence-electron chi connectivity index (χ4n) is 4.82. The molecule has 0 radical (unpaired) electrons. The lowest BCUT2D eigenvalue weighted by atomic mass is 10.2. The Morgan fingerprint density at radius 3 is 2.64 bits per heavy atom. The molecule has 1 aliphatic rings. The molecule has 1 fully saturated rings. The third kappa shape index (κ3) is 6.41. The zero-order valence-electron chi connectivity index (χ0n) is 23.2. The van der Waals surface area contributed by atoms with Gasteiger partial charge >= 0.3 is 0 Å². The second-order valence-corrected chi connectivity index (χ2v) is 10.3. The smallest absolute Gasteiger partial charge is 0.256 e. The number of H-pyrrole nitrogens is 1. The van der Waals surface area contributed by atoms with Crippen LogP contribution >= 0.6 is 11.6 Å². The number of carbonyl (C=O) groups is 1. The number of ether oxygens (including phenoxy) is 3. The first-order valence-electron chi connectivity index (χ1n) is 13.8. The molecule has 6 rings (SSSR count). The van der Waals surface area contributed by atoms with Crippen LogP contribution in [0.25, 0.3) is 22.6 Å². The number of amides is 1. The number of anilines is 1. The summed E-state index contributed by atoms with van der Waals surface area (Å²) in [4.78, 5) is 23.6. The zero-order chi connectivity index (χ0) is 28.9. The van der Waals surface area contributed by atoms with Crippen LogP contribution in [0.2, 0.25) is 5.02 Å². The van der Waals surface area contributed by atoms with E-state index in [4.69, 9.17) is 35.9 Å². The minimum absolute atomic E-state index is 0.331. The van der Waals surface area contributed by atoms with Crippen molar-refractivity contribution in [3.05, 3.63) is 88.9 Å². The molecule has 42 heavy (non-hydrogen) atoms. The van der Waals surface area contributed by atoms with E-state index >= 15 is 0 Å². The fraction of sp³-hybridized carbons (Fsp3) is 0.258. The van der Waals surface area contributed by atoms with Gasteiger partial charge < -0.3 is 24.5 Å². The van der Waals surface area contributed by atoms with Gasteiger partial charge in [0.15, 0.2) is 11.6 Å². The topological polar surface area (TPSA) is 107 Å². The molecule has 0 atom stereocenters. The van der Waals surface area contributed by atoms with Crippen molar-refractivity contribution in [2.75, 3.05) is 51.9 Å². The number of aromatic amines is 1. The number of nitrogens with one attached hydrogen (secondary N) is 2. The van der Waals surface area contributed by atoms with Gasteiger partial charge in [-0.2, -0.15) is 5.10 Å². The Hall–Kier alpha value is -4.38. The number of nitrogens with zero attached hydrogens (tertiary/aromatic N) is 4. The van der Waals surface area contributed by atoms with Crippen molar-refractivity contribution in [1.82, 2.24) is 24.6 Å². The summed E-state index contributed by atoms with van der Waals surface area (Å²) >= 11 is 6.48. The first-order chi connectivity index (χ1) is 20.6. The highest BCUT2D eigenvalue weighted by molar-refractivity contribution is 6.32. The molecule has 0 unspecified atom stereocenters. The van der Waals surface area contributed by atoms with Gasteiger partial charge in [0.05, 0.1) is 42.9 Å². The van der Waals surface area contributed by atoms with E-state index in [1.54, 1.807) is 25.3 Å². The molecule has 216 valence electrons. The van der Waals surface area contributed by atoms with Crippen LogP contribution in [-0.2, 0) is 11.3 Å². The fourth-order valence-corrected chi connectivity index (χ4v) is 5.06. The summed E-state index contributed by atoms with van der Waals surface area (Å²) in [5, 5.41) is 7.99. The van der Waals surface area contributed by atoms with Crippen LogP contribution in [0.15, 0.2) is 72.8 Å². The number of fused-ring (bicyclic) bond motifs is 1. The number of methoxy groups -OCH3 is 1. The number of benzene rings is 3. The number of halogens is 1. The van der Waals surface area contributed by atoms with Crippen LogP contribution in [0.5, 0.6) is 11.5 Å². The molecule has 1 amide bonds. The Morgan fingerprint density at radius 1 is 1.07 bits per heavy atom. The largest absolute Gasteiger partial charge is 0.497 e. The molecule has 0 saturated carbocycles. The van der Waals surface area contributed by atoms with E-state index in [0.29, 0.717) is 41.1 Å². The molecule has 0 bridgehead atoms. The maximum atomic E-state index is 13.2. The lowest BCUT2D eigenvalue weighted by molar-refractivity contribution is 0.0322. The summed E-state index contributed by atoms with van der Waals surface area (Å²) in [6.45, 7) is 5.02. The number of morpholine rings is 1. The van der Waals surface area contributed by atoms with E-state index in [9.17, 15) is 4.79 Å². The number of hydrogen-bond donors (Lipinski definition) is 2. The highest BCUT2D eigenvalue weighted by Gasteiger charge is 2.18. The monoisotopic (exact) mass is 586 g/mol. The molecule has 11 heteroatoms. The lowest BCUT2D eigenvalue weighted by Gasteiger charge is -2.26. The molecular formula is C31H31ClN6O4. The van der Waals surface area contributed by atoms with Crippen LogP contribution in [0.3, 0.4) is 0 Å². The van der Waals surface area contributed by atoms with Crippen molar-refractivity contribution in [2.24, 2.45) is 0 Å². The van der Waals surface area contributed by atoms with E-state index in [1.165, 1.54) is 0 Å². The summed E-state index contributed by atoms with van der Waals surface area (Å²) in [5.41, 5.74) is 3.91. The van der Waals surface area contributed by atoms with Crippen molar-refractivity contribution >= 4 is 34.4 Å². The summed E-state index contributed by atoms with van der Waals surface area (Å²) < 4.78 is 18.4. The van der Waals surface area contributed by atoms with Gasteiger partial charge in [0, 0.05) is 31.3 Å². The molecule has 3 heterocycles. The number of hydrogen-bond acceptors (Lipinski definition) is 7. The predicted molar refractivity (Wildman–Crippen MR) is 162 cm³/mol. The molecule has 2 aromatic heterocycles. The highest BCUT2D eigenvalue weighted by Crippen LogP contribution is 2.28. The van der Waals surface area contributed by atoms with E-state index in [1.807, 2.05) is 59.3 Å². The van der Waals surface area contributed by atoms with Gasteiger partial charge in [0.2, 0.25) is 0 Å². The molecule has 0 aliphatic carbocycles. The Labute approximate surface area is 248 Å². The lowest BCUT2D eigenvalue weighted by Crippen LogP contribution is -2.38. The number of imidazole rings is 1. The highest BCUT2D eigenvalue weighted by atomic mass is 35.5. The zero-order valence-corrected chi connectivity index (χ0v) is 23.9. The molecule has 1 saturated heterocycles. The first kappa shape index (κ1) is 27.8. The summed E-state index contributed by atoms with van der Waals surface area (Å²) in [6, 6.07) is 22.4. The van der Waals surface area contributed by atoms with Gasteiger partial charge in [-0.3, -0.25) is 14.4 Å². The second-order valence-electron chi connectivity index (χ2n) is 9.92. The Kier molecular flexibility index (Phi) is 8.36. The van der Waals surface area contributed by atoms with Crippen molar-refractivity contribution < 1.29 is 19.0 Å². The number of rotatable bonds is 10. The molecule has 10 nitrogen and oxygen atoms in total. The van der Waals surface area contributed by atoms with Gasteiger partial charge in [-0.05, 0) is 48.0 Å². The first-order valence-corrected chi connectivity index (χ1v) is 14.1. The van der Waals surface area contributed by atoms with Crippen molar-refractivity contribution in [2.45, 2.75) is 6.54 Å². The average Bonchev–Trinajstić information content (AvgIpc) is 3.62. The standard InChI is InChI=1S/C31H31ClN6O4/c1-40-23-9-6-21(7-10-23)20-38-27(30-33-25-4-2-3-5-26(25)34-30)19-29(36-38)35-31(39)22-8-11-28(24(32)18-22)42-17-14-37-12-15-41-16-13-37/h2-11,18-19H,12-17,20H2,1H3,(H,33,34)(H,35,36,39). The minimum atomic E-state index is -0.331. The Morgan fingerprint density at radius 2 is 1.88 bits per heavy atom. The van der Waals surface area contributed by atoms with Gasteiger partial charge in [0.1, 0.15) is 23.8 Å². The average molecular weight is 587 g/mol. The number of aromatic nitrogens is 4. The van der Waals surface area contributed by atoms with Crippen LogP contribution in [-0.4, -0.2) is 77.1 Å². The summed E-state index contributed by atoms with van der Waals surface area (Å²) in [6.07, 6.45) is 0. The maximum absolute atomic E-state index is 13.2. The van der Waals surface area contributed by atoms with Gasteiger partial charge in [-0.1, -0.05) is 35.9 Å². The van der Waals surface area contributed by atoms with Crippen molar-refractivity contribution in [3.63, 3.8) is 0 Å². The third-order valence-corrected chi connectivity index (χ3v) is 7.40. The number of para-hydroxylation sites is 2. The van der Waals surface area contributed by atoms with Crippen LogP contribution in [0, 0.1) is 0 Å². The van der Waals surface area contributed by atoms with Crippen molar-refractivity contribution in [1.29, 1.82) is 0 Å². The van der Waals surface area contributed by atoms with E-state index in [0.717, 1.165) is 60.9 Å². The molecule has 5 aromatic rings.